The molecule has 0 saturated carbocycles. The molecule has 83 heavy (non-hydrogen) atoms. The van der Waals surface area contributed by atoms with E-state index in [1.165, 1.54) is 173 Å². The summed E-state index contributed by atoms with van der Waals surface area (Å²) < 4.78 is 16.9. The molecule has 0 fully saturated rings. The van der Waals surface area contributed by atoms with Gasteiger partial charge in [0.1, 0.15) is 13.2 Å². The SMILES string of the molecule is CC/C=C\C/C=C\C/C=C\C/C=C\C/C=C\C/C=C\C/C=C\C/C=C\C/C=C\CCCC(=O)OCC(COC(=O)CCCCCCC/C=C\CCCCCCCC)OC(=O)CCCCCCCCCCCCCCCCCCCCCCC. The van der Waals surface area contributed by atoms with E-state index in [0.29, 0.717) is 19.3 Å². The lowest BCUT2D eigenvalue weighted by atomic mass is 10.0. The fourth-order valence-electron chi connectivity index (χ4n) is 9.74. The zero-order chi connectivity index (χ0) is 59.9. The number of carbonyl (C=O) groups excluding carboxylic acids is 3. The molecule has 0 radical (unpaired) electrons. The molecule has 0 aliphatic heterocycles. The van der Waals surface area contributed by atoms with Gasteiger partial charge in [-0.1, -0.05) is 322 Å². The summed E-state index contributed by atoms with van der Waals surface area (Å²) in [6, 6.07) is 0. The lowest BCUT2D eigenvalue weighted by Gasteiger charge is -2.18. The first-order chi connectivity index (χ1) is 41.0. The molecule has 6 nitrogen and oxygen atoms in total. The van der Waals surface area contributed by atoms with Crippen LogP contribution in [0.4, 0.5) is 0 Å². The van der Waals surface area contributed by atoms with Crippen molar-refractivity contribution in [2.24, 2.45) is 0 Å². The molecule has 0 rings (SSSR count). The number of hydrogen-bond acceptors (Lipinski definition) is 6. The Hall–Kier alpha value is -4.19. The summed E-state index contributed by atoms with van der Waals surface area (Å²) >= 11 is 0. The van der Waals surface area contributed by atoms with Gasteiger partial charge in [0.2, 0.25) is 0 Å². The fraction of sp³-hybridized carbons (Fsp3) is 0.701. The topological polar surface area (TPSA) is 78.9 Å². The number of carbonyl (C=O) groups is 3. The van der Waals surface area contributed by atoms with Crippen LogP contribution in [0, 0.1) is 0 Å². The van der Waals surface area contributed by atoms with Gasteiger partial charge in [-0.25, -0.2) is 0 Å². The number of rotatable bonds is 63. The summed E-state index contributed by atoms with van der Waals surface area (Å²) in [6.45, 7) is 6.50. The Kier molecular flexibility index (Phi) is 66.7. The smallest absolute Gasteiger partial charge is 0.306 e. The van der Waals surface area contributed by atoms with Gasteiger partial charge >= 0.3 is 17.9 Å². The Balaban J connectivity index is 4.44. The van der Waals surface area contributed by atoms with Gasteiger partial charge in [-0.05, 0) is 109 Å². The maximum absolute atomic E-state index is 13.0. The predicted molar refractivity (Wildman–Crippen MR) is 362 cm³/mol. The van der Waals surface area contributed by atoms with Crippen molar-refractivity contribution in [3.05, 3.63) is 122 Å². The molecule has 0 amide bonds. The van der Waals surface area contributed by atoms with Gasteiger partial charge in [0, 0.05) is 19.3 Å². The quantitative estimate of drug-likeness (QED) is 0.0261. The third-order valence-electron chi connectivity index (χ3n) is 15.0. The van der Waals surface area contributed by atoms with Crippen LogP contribution in [-0.2, 0) is 28.6 Å². The molecular weight excluding hydrogens is 1020 g/mol. The third-order valence-corrected chi connectivity index (χ3v) is 15.0. The van der Waals surface area contributed by atoms with Gasteiger partial charge in [-0.3, -0.25) is 14.4 Å². The number of unbranched alkanes of at least 4 members (excludes halogenated alkanes) is 32. The Bertz CT molecular complexity index is 1700. The van der Waals surface area contributed by atoms with E-state index in [1.807, 2.05) is 0 Å². The second-order valence-corrected chi connectivity index (χ2v) is 23.1. The number of hydrogen-bond donors (Lipinski definition) is 0. The predicted octanol–water partition coefficient (Wildman–Crippen LogP) is 24.3. The highest BCUT2D eigenvalue weighted by Crippen LogP contribution is 2.17. The molecule has 0 aromatic rings. The molecule has 0 heterocycles. The van der Waals surface area contributed by atoms with E-state index in [2.05, 4.69) is 142 Å². The number of esters is 3. The Morgan fingerprint density at radius 2 is 0.482 bits per heavy atom. The van der Waals surface area contributed by atoms with Crippen molar-refractivity contribution in [2.45, 2.75) is 335 Å². The van der Waals surface area contributed by atoms with E-state index in [9.17, 15) is 14.4 Å². The molecule has 0 saturated heterocycles. The van der Waals surface area contributed by atoms with Crippen LogP contribution in [0.1, 0.15) is 329 Å². The minimum absolute atomic E-state index is 0.0994. The first-order valence-corrected chi connectivity index (χ1v) is 35.0. The van der Waals surface area contributed by atoms with Crippen molar-refractivity contribution in [1.82, 2.24) is 0 Å². The monoisotopic (exact) mass is 1150 g/mol. The van der Waals surface area contributed by atoms with Gasteiger partial charge in [-0.15, -0.1) is 0 Å². The Labute approximate surface area is 513 Å². The first-order valence-electron chi connectivity index (χ1n) is 35.0. The largest absolute Gasteiger partial charge is 0.462 e. The van der Waals surface area contributed by atoms with Crippen LogP contribution in [0.2, 0.25) is 0 Å². The zero-order valence-corrected chi connectivity index (χ0v) is 54.4. The summed E-state index contributed by atoms with van der Waals surface area (Å²) in [5.74, 6) is -0.957. The van der Waals surface area contributed by atoms with Crippen LogP contribution in [-0.4, -0.2) is 37.2 Å². The molecule has 6 heteroatoms. The van der Waals surface area contributed by atoms with Crippen molar-refractivity contribution in [3.63, 3.8) is 0 Å². The molecule has 1 unspecified atom stereocenters. The minimum atomic E-state index is -0.808. The normalized spacial score (nSPS) is 12.9. The van der Waals surface area contributed by atoms with E-state index >= 15 is 0 Å². The number of allylic oxidation sites excluding steroid dienone is 20. The van der Waals surface area contributed by atoms with Crippen molar-refractivity contribution in [3.8, 4) is 0 Å². The summed E-state index contributed by atoms with van der Waals surface area (Å²) in [4.78, 5) is 38.4. The van der Waals surface area contributed by atoms with Crippen LogP contribution in [0.25, 0.3) is 0 Å². The van der Waals surface area contributed by atoms with Gasteiger partial charge < -0.3 is 14.2 Å². The third kappa shape index (κ3) is 68.5. The molecular formula is C77H130O6. The van der Waals surface area contributed by atoms with Crippen molar-refractivity contribution in [1.29, 1.82) is 0 Å². The molecule has 0 N–H and O–H groups in total. The Morgan fingerprint density at radius 1 is 0.253 bits per heavy atom. The summed E-state index contributed by atoms with van der Waals surface area (Å²) in [7, 11) is 0. The van der Waals surface area contributed by atoms with Crippen molar-refractivity contribution >= 4 is 17.9 Å². The highest BCUT2D eigenvalue weighted by Gasteiger charge is 2.19. The van der Waals surface area contributed by atoms with E-state index in [4.69, 9.17) is 14.2 Å². The van der Waals surface area contributed by atoms with Gasteiger partial charge in [0.15, 0.2) is 6.10 Å². The average molecular weight is 1150 g/mol. The zero-order valence-electron chi connectivity index (χ0n) is 54.4. The first kappa shape index (κ1) is 78.8. The molecule has 0 aliphatic carbocycles. The maximum atomic E-state index is 13.0. The van der Waals surface area contributed by atoms with Crippen LogP contribution in [0.15, 0.2) is 122 Å². The molecule has 0 spiro atoms. The lowest BCUT2D eigenvalue weighted by Crippen LogP contribution is -2.30. The molecule has 0 bridgehead atoms. The standard InChI is InChI=1S/C77H130O6/c1-4-7-10-13-16-19-22-25-28-30-32-34-35-36-37-38-39-40-41-43-44-46-49-52-55-58-61-64-67-70-76(79)82-73-74(72-81-75(78)69-66-63-60-57-54-51-48-27-24-21-18-15-12-9-6-3)83-77(80)71-68-65-62-59-56-53-50-47-45-42-33-31-29-26-23-20-17-14-11-8-5-2/h7,10,16,19,25,27-28,32,34,36-37,39-40,43-44,48-49,52,58,61,74H,4-6,8-9,11-15,17-18,20-24,26,29-31,33,35,38,41-42,45-47,50-51,53-57,59-60,62-73H2,1-3H3/b10-7-,19-16-,28-25-,34-32-,37-36-,40-39-,44-43-,48-27-,52-49-,61-58-. The average Bonchev–Trinajstić information content (AvgIpc) is 3.49. The van der Waals surface area contributed by atoms with Crippen LogP contribution < -0.4 is 0 Å². The summed E-state index contributed by atoms with van der Waals surface area (Å²) in [5.41, 5.74) is 0. The van der Waals surface area contributed by atoms with Gasteiger partial charge in [0.25, 0.3) is 0 Å². The second-order valence-electron chi connectivity index (χ2n) is 23.1. The maximum Gasteiger partial charge on any atom is 0.306 e. The van der Waals surface area contributed by atoms with E-state index in [-0.39, 0.29) is 37.5 Å². The molecule has 0 aromatic heterocycles. The highest BCUT2D eigenvalue weighted by atomic mass is 16.6. The lowest BCUT2D eigenvalue weighted by molar-refractivity contribution is -0.167. The fourth-order valence-corrected chi connectivity index (χ4v) is 9.74. The van der Waals surface area contributed by atoms with Gasteiger partial charge in [-0.2, -0.15) is 0 Å². The van der Waals surface area contributed by atoms with Crippen LogP contribution >= 0.6 is 0 Å². The molecule has 474 valence electrons. The second kappa shape index (κ2) is 70.3. The molecule has 0 aromatic carbocycles. The van der Waals surface area contributed by atoms with Crippen LogP contribution in [0.3, 0.4) is 0 Å². The van der Waals surface area contributed by atoms with Crippen LogP contribution in [0.5, 0.6) is 0 Å². The minimum Gasteiger partial charge on any atom is -0.462 e. The summed E-state index contributed by atoms with van der Waals surface area (Å²) in [5, 5.41) is 0. The van der Waals surface area contributed by atoms with E-state index < -0.39 is 6.10 Å². The van der Waals surface area contributed by atoms with Gasteiger partial charge in [0.05, 0.1) is 0 Å². The van der Waals surface area contributed by atoms with Crippen molar-refractivity contribution < 1.29 is 28.6 Å². The van der Waals surface area contributed by atoms with E-state index in [1.54, 1.807) is 0 Å². The number of ether oxygens (including phenoxy) is 3. The van der Waals surface area contributed by atoms with Crippen molar-refractivity contribution in [2.75, 3.05) is 13.2 Å². The van der Waals surface area contributed by atoms with E-state index in [0.717, 1.165) is 109 Å². The highest BCUT2D eigenvalue weighted by molar-refractivity contribution is 5.71. The molecule has 0 aliphatic rings. The Morgan fingerprint density at radius 3 is 0.795 bits per heavy atom. The summed E-state index contributed by atoms with van der Waals surface area (Å²) in [6.07, 6.45) is 98.0. The molecule has 1 atom stereocenters.